The van der Waals surface area contributed by atoms with E-state index in [0.29, 0.717) is 0 Å². The molecule has 0 aromatic rings. The van der Waals surface area contributed by atoms with E-state index in [0.717, 1.165) is 0 Å². The van der Waals surface area contributed by atoms with Gasteiger partial charge in [0.1, 0.15) is 0 Å². The van der Waals surface area contributed by atoms with Crippen molar-refractivity contribution in [1.29, 1.82) is 0 Å². The Hall–Kier alpha value is 0.630. The van der Waals surface area contributed by atoms with E-state index in [4.69, 9.17) is 4.55 Å². The summed E-state index contributed by atoms with van der Waals surface area (Å²) in [5.74, 6) is 0. The van der Waals surface area contributed by atoms with Crippen molar-refractivity contribution in [2.24, 2.45) is 0 Å². The minimum absolute atomic E-state index is 0. The summed E-state index contributed by atoms with van der Waals surface area (Å²) in [6, 6.07) is 0. The molecule has 3 nitrogen and oxygen atoms in total. The van der Waals surface area contributed by atoms with Crippen molar-refractivity contribution < 1.29 is 61.5 Å². The number of alkyl halides is 4. The first-order valence-corrected chi connectivity index (χ1v) is 3.33. The zero-order valence-electron chi connectivity index (χ0n) is 6.26. The fourth-order valence-electron chi connectivity index (χ4n) is 0.169. The van der Waals surface area contributed by atoms with Crippen molar-refractivity contribution >= 4 is 10.1 Å². The van der Waals surface area contributed by atoms with Gasteiger partial charge in [0.05, 0.1) is 0 Å². The van der Waals surface area contributed by atoms with Gasteiger partial charge in [-0.05, 0) is 0 Å². The largest absolute Gasteiger partial charge is 1.00 e. The average Bonchev–Trinajstić information content (AvgIpc) is 1.59. The standard InChI is InChI=1S/C2H2F4O3S.Na.H/c3-1(2(4,5)6)10(7,8)9;;/h1H,(H,7,8,9);;/q;+1;-1. The van der Waals surface area contributed by atoms with Gasteiger partial charge in [0, 0.05) is 0 Å². The van der Waals surface area contributed by atoms with Gasteiger partial charge in [-0.15, -0.1) is 0 Å². The third-order valence-corrected chi connectivity index (χ3v) is 1.31. The quantitative estimate of drug-likeness (QED) is 0.302. The van der Waals surface area contributed by atoms with Crippen molar-refractivity contribution in [2.75, 3.05) is 0 Å². The van der Waals surface area contributed by atoms with Gasteiger partial charge in [-0.2, -0.15) is 21.6 Å². The van der Waals surface area contributed by atoms with E-state index in [1.165, 1.54) is 0 Å². The van der Waals surface area contributed by atoms with Gasteiger partial charge in [-0.1, -0.05) is 0 Å². The Balaban J connectivity index is -0.000000405. The number of rotatable bonds is 1. The average molecular weight is 206 g/mol. The number of hydrogen-bond donors (Lipinski definition) is 1. The Labute approximate surface area is 83.3 Å². The maximum absolute atomic E-state index is 11.5. The maximum atomic E-state index is 11.5. The second kappa shape index (κ2) is 4.04. The van der Waals surface area contributed by atoms with Crippen LogP contribution in [0.1, 0.15) is 1.43 Å². The van der Waals surface area contributed by atoms with Crippen molar-refractivity contribution in [3.8, 4) is 0 Å². The molecule has 0 aromatic carbocycles. The normalized spacial score (nSPS) is 15.4. The van der Waals surface area contributed by atoms with Crippen LogP contribution in [-0.2, 0) is 10.1 Å². The molecule has 0 radical (unpaired) electrons. The molecule has 1 unspecified atom stereocenters. The van der Waals surface area contributed by atoms with E-state index in [2.05, 4.69) is 0 Å². The van der Waals surface area contributed by atoms with Gasteiger partial charge in [-0.3, -0.25) is 4.55 Å². The predicted octanol–water partition coefficient (Wildman–Crippen LogP) is -2.15. The summed E-state index contributed by atoms with van der Waals surface area (Å²) in [4.78, 5) is 0. The summed E-state index contributed by atoms with van der Waals surface area (Å²) in [6.45, 7) is 0. The molecule has 0 aromatic heterocycles. The topological polar surface area (TPSA) is 54.4 Å². The van der Waals surface area contributed by atoms with Crippen LogP contribution in [-0.4, -0.2) is 24.7 Å². The minimum atomic E-state index is -5.65. The predicted molar refractivity (Wildman–Crippen MR) is 23.6 cm³/mol. The molecule has 0 aliphatic carbocycles. The molecule has 0 bridgehead atoms. The van der Waals surface area contributed by atoms with Crippen LogP contribution >= 0.6 is 0 Å². The molecular formula is C2H3F4NaO3S. The third kappa shape index (κ3) is 4.96. The van der Waals surface area contributed by atoms with Gasteiger partial charge in [0.15, 0.2) is 0 Å². The Morgan fingerprint density at radius 2 is 1.64 bits per heavy atom. The smallest absolute Gasteiger partial charge is 1.00 e. The maximum Gasteiger partial charge on any atom is 1.00 e. The van der Waals surface area contributed by atoms with Crippen LogP contribution in [0.25, 0.3) is 0 Å². The van der Waals surface area contributed by atoms with Crippen molar-refractivity contribution in [3.05, 3.63) is 0 Å². The molecule has 0 heterocycles. The molecule has 0 amide bonds. The van der Waals surface area contributed by atoms with E-state index >= 15 is 0 Å². The molecule has 0 rings (SSSR count). The number of halogens is 4. The fourth-order valence-corrected chi connectivity index (χ4v) is 0.507. The van der Waals surface area contributed by atoms with E-state index in [-0.39, 0.29) is 31.0 Å². The molecular weight excluding hydrogens is 203 g/mol. The van der Waals surface area contributed by atoms with Crippen LogP contribution in [0.5, 0.6) is 0 Å². The molecule has 64 valence electrons. The molecule has 9 heteroatoms. The third-order valence-electron chi connectivity index (χ3n) is 0.519. The van der Waals surface area contributed by atoms with Crippen LogP contribution in [0.15, 0.2) is 0 Å². The Morgan fingerprint density at radius 1 is 1.36 bits per heavy atom. The molecule has 0 aliphatic heterocycles. The summed E-state index contributed by atoms with van der Waals surface area (Å²) in [6.07, 6.45) is -5.56. The van der Waals surface area contributed by atoms with Crippen molar-refractivity contribution in [3.63, 3.8) is 0 Å². The van der Waals surface area contributed by atoms with E-state index in [9.17, 15) is 26.0 Å². The van der Waals surface area contributed by atoms with Gasteiger partial charge in [0.25, 0.3) is 0 Å². The summed E-state index contributed by atoms with van der Waals surface area (Å²) in [5.41, 5.74) is -4.21. The minimum Gasteiger partial charge on any atom is -1.00 e. The second-order valence-electron chi connectivity index (χ2n) is 1.37. The van der Waals surface area contributed by atoms with Crippen molar-refractivity contribution in [2.45, 2.75) is 11.7 Å². The second-order valence-corrected chi connectivity index (χ2v) is 2.82. The first-order valence-electron chi connectivity index (χ1n) is 1.83. The van der Waals surface area contributed by atoms with Crippen molar-refractivity contribution in [1.82, 2.24) is 0 Å². The summed E-state index contributed by atoms with van der Waals surface area (Å²) in [7, 11) is -5.65. The van der Waals surface area contributed by atoms with Gasteiger partial charge in [0.2, 0.25) is 0 Å². The summed E-state index contributed by atoms with van der Waals surface area (Å²) in [5, 5.41) is 0. The van der Waals surface area contributed by atoms with Crippen LogP contribution < -0.4 is 29.6 Å². The molecule has 0 aliphatic rings. The molecule has 11 heavy (non-hydrogen) atoms. The molecule has 0 saturated heterocycles. The zero-order valence-corrected chi connectivity index (χ0v) is 8.08. The Kier molecular flexibility index (Phi) is 5.20. The molecule has 1 atom stereocenters. The summed E-state index contributed by atoms with van der Waals surface area (Å²) >= 11 is 0. The first kappa shape index (κ1) is 14.2. The van der Waals surface area contributed by atoms with Gasteiger partial charge in [-0.25, -0.2) is 4.39 Å². The SMILES string of the molecule is O=S(=O)(O)C(F)C(F)(F)F.[H-].[Na+]. The van der Waals surface area contributed by atoms with Crippen LogP contribution in [0.3, 0.4) is 0 Å². The van der Waals surface area contributed by atoms with Crippen LogP contribution in [0, 0.1) is 0 Å². The van der Waals surface area contributed by atoms with Crippen LogP contribution in [0.4, 0.5) is 17.6 Å². The zero-order chi connectivity index (χ0) is 8.58. The summed E-state index contributed by atoms with van der Waals surface area (Å²) < 4.78 is 70.9. The van der Waals surface area contributed by atoms with Gasteiger partial charge >= 0.3 is 51.4 Å². The van der Waals surface area contributed by atoms with E-state index in [1.807, 2.05) is 0 Å². The molecule has 0 spiro atoms. The van der Waals surface area contributed by atoms with E-state index < -0.39 is 21.8 Å². The fraction of sp³-hybridized carbons (Fsp3) is 1.00. The molecule has 1 N–H and O–H groups in total. The molecule has 0 fully saturated rings. The Bertz CT molecular complexity index is 213. The molecule has 0 saturated carbocycles. The first-order chi connectivity index (χ1) is 4.15. The number of hydrogen-bond acceptors (Lipinski definition) is 2. The monoisotopic (exact) mass is 206 g/mol. The van der Waals surface area contributed by atoms with E-state index in [1.54, 1.807) is 0 Å². The van der Waals surface area contributed by atoms with Gasteiger partial charge < -0.3 is 1.43 Å². The van der Waals surface area contributed by atoms with Crippen LogP contribution in [0.2, 0.25) is 0 Å². The Morgan fingerprint density at radius 3 is 1.64 bits per heavy atom.